The predicted molar refractivity (Wildman–Crippen MR) is 140 cm³/mol. The predicted octanol–water partition coefficient (Wildman–Crippen LogP) is 4.65. The summed E-state index contributed by atoms with van der Waals surface area (Å²) in [5.74, 6) is 4.02. The van der Waals surface area contributed by atoms with E-state index in [0.717, 1.165) is 6.07 Å². The summed E-state index contributed by atoms with van der Waals surface area (Å²) in [6.45, 7) is 10.8. The highest BCUT2D eigenvalue weighted by molar-refractivity contribution is 6.10. The van der Waals surface area contributed by atoms with Crippen LogP contribution in [0.25, 0.3) is 12.2 Å². The molecule has 1 unspecified atom stereocenters. The van der Waals surface area contributed by atoms with Gasteiger partial charge in [-0.2, -0.15) is 13.2 Å². The maximum absolute atomic E-state index is 14.4. The third-order valence-electron chi connectivity index (χ3n) is 6.55. The number of alkyl halides is 3. The summed E-state index contributed by atoms with van der Waals surface area (Å²) < 4.78 is 43.3. The number of anilines is 1. The molecule has 2 aromatic carbocycles. The van der Waals surface area contributed by atoms with Gasteiger partial charge in [0.2, 0.25) is 0 Å². The van der Waals surface area contributed by atoms with Crippen molar-refractivity contribution < 1.29 is 28.2 Å². The number of benzene rings is 2. The van der Waals surface area contributed by atoms with E-state index in [4.69, 9.17) is 5.11 Å². The second-order valence-electron chi connectivity index (χ2n) is 8.62. The molecule has 0 bridgehead atoms. The Morgan fingerprint density at radius 2 is 1.86 bits per heavy atom. The lowest BCUT2D eigenvalue weighted by Crippen LogP contribution is -2.44. The van der Waals surface area contributed by atoms with Crippen molar-refractivity contribution in [1.29, 1.82) is 0 Å². The van der Waals surface area contributed by atoms with Gasteiger partial charge in [0.25, 0.3) is 5.91 Å². The second-order valence-corrected chi connectivity index (χ2v) is 8.62. The molecule has 0 saturated carbocycles. The highest BCUT2D eigenvalue weighted by Gasteiger charge is 2.55. The first-order valence-electron chi connectivity index (χ1n) is 12.1. The van der Waals surface area contributed by atoms with Gasteiger partial charge in [0.1, 0.15) is 6.61 Å². The van der Waals surface area contributed by atoms with Gasteiger partial charge in [-0.15, -0.1) is 0 Å². The Bertz CT molecular complexity index is 1270. The summed E-state index contributed by atoms with van der Waals surface area (Å²) in [5, 5.41) is 21.0. The number of halogens is 3. The molecule has 0 spiro atoms. The van der Waals surface area contributed by atoms with Crippen molar-refractivity contribution in [2.75, 3.05) is 37.7 Å². The molecule has 196 valence electrons. The van der Waals surface area contributed by atoms with Crippen LogP contribution in [0.2, 0.25) is 0 Å². The first-order valence-corrected chi connectivity index (χ1v) is 12.1. The number of likely N-dealkylation sites (N-methyl/N-ethyl adjacent to an activating group) is 1. The van der Waals surface area contributed by atoms with E-state index >= 15 is 0 Å². The average Bonchev–Trinajstić information content (AvgIpc) is 3.09. The molecule has 37 heavy (non-hydrogen) atoms. The zero-order chi connectivity index (χ0) is 27.4. The van der Waals surface area contributed by atoms with Crippen molar-refractivity contribution in [2.24, 2.45) is 0 Å². The normalized spacial score (nSPS) is 17.3. The number of fused-ring (bicyclic) bond motifs is 1. The summed E-state index contributed by atoms with van der Waals surface area (Å²) in [4.78, 5) is 17.1. The van der Waals surface area contributed by atoms with Crippen LogP contribution in [0.3, 0.4) is 0 Å². The van der Waals surface area contributed by atoms with Crippen LogP contribution in [0.1, 0.15) is 54.2 Å². The highest BCUT2D eigenvalue weighted by atomic mass is 19.4. The van der Waals surface area contributed by atoms with E-state index in [0.29, 0.717) is 30.8 Å². The van der Waals surface area contributed by atoms with Crippen LogP contribution in [0, 0.1) is 11.8 Å². The molecule has 0 aromatic heterocycles. The molecular weight excluding hydrogens is 481 g/mol. The van der Waals surface area contributed by atoms with Crippen LogP contribution in [-0.4, -0.2) is 53.8 Å². The van der Waals surface area contributed by atoms with Crippen molar-refractivity contribution in [3.05, 3.63) is 76.4 Å². The zero-order valence-corrected chi connectivity index (χ0v) is 21.2. The molecule has 0 fully saturated rings. The quantitative estimate of drug-likeness (QED) is 0.506. The van der Waals surface area contributed by atoms with Gasteiger partial charge in [0.15, 0.2) is 5.60 Å². The van der Waals surface area contributed by atoms with E-state index in [1.165, 1.54) is 23.1 Å². The van der Waals surface area contributed by atoms with Crippen LogP contribution >= 0.6 is 0 Å². The number of hydrogen-bond acceptors (Lipinski definition) is 4. The summed E-state index contributed by atoms with van der Waals surface area (Å²) >= 11 is 0. The highest BCUT2D eigenvalue weighted by Crippen LogP contribution is 2.50. The van der Waals surface area contributed by atoms with Crippen LogP contribution in [-0.2, 0) is 16.6 Å². The number of carbonyl (C=O) groups is 1. The monoisotopic (exact) mass is 512 g/mol. The molecule has 2 aromatic rings. The Morgan fingerprint density at radius 3 is 2.43 bits per heavy atom. The fourth-order valence-corrected chi connectivity index (χ4v) is 4.65. The minimum absolute atomic E-state index is 0.0124. The number of amides is 1. The lowest BCUT2D eigenvalue weighted by Gasteiger charge is -2.27. The second kappa shape index (κ2) is 11.3. The number of aliphatic hydroxyl groups excluding tert-OH is 1. The lowest BCUT2D eigenvalue weighted by molar-refractivity contribution is -0.142. The molecule has 1 heterocycles. The Labute approximate surface area is 215 Å². The molecule has 2 N–H and O–H groups in total. The Balaban J connectivity index is 2.34. The van der Waals surface area contributed by atoms with Crippen molar-refractivity contribution in [3.8, 4) is 11.8 Å². The molecule has 5 nitrogen and oxygen atoms in total. The number of allylic oxidation sites excluding steroid dienone is 1. The van der Waals surface area contributed by atoms with Crippen LogP contribution < -0.4 is 4.90 Å². The molecule has 1 aliphatic rings. The standard InChI is InChI=1S/C29H31F3N2O3/c1-5-10-22-19-23(13-12-21(22)6-2)28(37)26-24(29(30,31)32)17-20(11-9-16-35)18-25(26)34(27(28)36)15-14-33(7-3)8-4/h5-6,10,12-13,17-19,35,37H,2,7-8,14-16H2,1,3-4H3/b10-5-. The van der Waals surface area contributed by atoms with Crippen LogP contribution in [0.15, 0.2) is 43.0 Å². The molecule has 1 atom stereocenters. The average molecular weight is 513 g/mol. The molecule has 3 rings (SSSR count). The van der Waals surface area contributed by atoms with Crippen molar-refractivity contribution in [3.63, 3.8) is 0 Å². The van der Waals surface area contributed by atoms with Gasteiger partial charge in [0.05, 0.1) is 11.3 Å². The van der Waals surface area contributed by atoms with Gasteiger partial charge in [-0.05, 0) is 54.9 Å². The minimum Gasteiger partial charge on any atom is -0.384 e. The Hall–Kier alpha value is -3.38. The summed E-state index contributed by atoms with van der Waals surface area (Å²) in [7, 11) is 0. The molecule has 0 radical (unpaired) electrons. The van der Waals surface area contributed by atoms with Gasteiger partial charge < -0.3 is 20.0 Å². The molecular formula is C29H31F3N2O3. The first-order chi connectivity index (χ1) is 17.6. The molecule has 1 aliphatic heterocycles. The Morgan fingerprint density at radius 1 is 1.16 bits per heavy atom. The van der Waals surface area contributed by atoms with E-state index in [9.17, 15) is 23.1 Å². The topological polar surface area (TPSA) is 64.0 Å². The smallest absolute Gasteiger partial charge is 0.384 e. The largest absolute Gasteiger partial charge is 0.416 e. The van der Waals surface area contributed by atoms with Gasteiger partial charge in [-0.1, -0.05) is 62.6 Å². The fraction of sp³-hybridized carbons (Fsp3) is 0.345. The minimum atomic E-state index is -4.88. The first kappa shape index (κ1) is 28.2. The van der Waals surface area contributed by atoms with Gasteiger partial charge >= 0.3 is 6.18 Å². The molecule has 0 aliphatic carbocycles. The van der Waals surface area contributed by atoms with Gasteiger partial charge in [-0.25, -0.2) is 0 Å². The Kier molecular flexibility index (Phi) is 8.64. The summed E-state index contributed by atoms with van der Waals surface area (Å²) in [6.07, 6.45) is 0.208. The zero-order valence-electron chi connectivity index (χ0n) is 21.2. The SMILES string of the molecule is C=Cc1ccc(C2(O)C(=O)N(CCN(CC)CC)c3cc(C#CCO)cc(C(F)(F)F)c32)cc1/C=C\C. The van der Waals surface area contributed by atoms with E-state index in [2.05, 4.69) is 18.4 Å². The van der Waals surface area contributed by atoms with Crippen molar-refractivity contribution >= 4 is 23.7 Å². The summed E-state index contributed by atoms with van der Waals surface area (Å²) in [5.41, 5.74) is -2.94. The molecule has 8 heteroatoms. The maximum Gasteiger partial charge on any atom is 0.416 e. The molecule has 1 amide bonds. The third kappa shape index (κ3) is 5.35. The van der Waals surface area contributed by atoms with Gasteiger partial charge in [-0.3, -0.25) is 4.79 Å². The summed E-state index contributed by atoms with van der Waals surface area (Å²) in [6, 6.07) is 6.79. The maximum atomic E-state index is 14.4. The van der Waals surface area contributed by atoms with E-state index in [1.54, 1.807) is 31.2 Å². The van der Waals surface area contributed by atoms with E-state index in [1.807, 2.05) is 18.7 Å². The number of aliphatic hydroxyl groups is 2. The van der Waals surface area contributed by atoms with Crippen LogP contribution in [0.4, 0.5) is 18.9 Å². The number of carbonyl (C=O) groups excluding carboxylic acids is 1. The number of nitrogens with zero attached hydrogens (tertiary/aromatic N) is 2. The fourth-order valence-electron chi connectivity index (χ4n) is 4.65. The lowest BCUT2D eigenvalue weighted by atomic mass is 9.82. The van der Waals surface area contributed by atoms with Crippen molar-refractivity contribution in [2.45, 2.75) is 32.5 Å². The van der Waals surface area contributed by atoms with E-state index < -0.39 is 35.4 Å². The molecule has 0 saturated heterocycles. The third-order valence-corrected chi connectivity index (χ3v) is 6.55. The van der Waals surface area contributed by atoms with E-state index in [-0.39, 0.29) is 23.4 Å². The van der Waals surface area contributed by atoms with Crippen LogP contribution in [0.5, 0.6) is 0 Å². The van der Waals surface area contributed by atoms with Crippen molar-refractivity contribution in [1.82, 2.24) is 4.90 Å². The number of hydrogen-bond donors (Lipinski definition) is 2. The number of rotatable bonds is 8. The van der Waals surface area contributed by atoms with Gasteiger partial charge in [0, 0.05) is 24.2 Å².